The molecule has 3 aromatic carbocycles. The number of fused-ring (bicyclic) bond motifs is 3. The third kappa shape index (κ3) is 3.70. The molecule has 0 radical (unpaired) electrons. The minimum Gasteiger partial charge on any atom is -0.373 e. The number of amides is 1. The fourth-order valence-electron chi connectivity index (χ4n) is 4.36. The number of hydrogen-bond donors (Lipinski definition) is 1. The predicted molar refractivity (Wildman–Crippen MR) is 121 cm³/mol. The van der Waals surface area contributed by atoms with Crippen molar-refractivity contribution in [2.75, 3.05) is 13.7 Å². The maximum atomic E-state index is 14.1. The largest absolute Gasteiger partial charge is 0.373 e. The lowest BCUT2D eigenvalue weighted by molar-refractivity contribution is 0.0335. The average Bonchev–Trinajstić information content (AvgIpc) is 2.84. The van der Waals surface area contributed by atoms with Crippen molar-refractivity contribution < 1.29 is 18.3 Å². The standard InChI is InChI=1S/C26H20F2N2O3/c1-30(26(32)17-9-5-8-16(10-17)15-6-3-2-4-7-15)23-14-33-13-22-24(23)18-11-20(27)21(28)12-19(18)25(31)29-22/h2-12,23H,13-14H2,1H3,(H,29,31)/t23-/m0/s1. The molecule has 0 spiro atoms. The topological polar surface area (TPSA) is 62.4 Å². The Balaban J connectivity index is 1.57. The van der Waals surface area contributed by atoms with Crippen LogP contribution in [0.2, 0.25) is 0 Å². The van der Waals surface area contributed by atoms with E-state index in [-0.39, 0.29) is 29.9 Å². The second-order valence-corrected chi connectivity index (χ2v) is 8.05. The van der Waals surface area contributed by atoms with Crippen LogP contribution in [0.1, 0.15) is 27.7 Å². The Morgan fingerprint density at radius 2 is 1.67 bits per heavy atom. The molecule has 2 heterocycles. The molecule has 4 aromatic rings. The van der Waals surface area contributed by atoms with Crippen LogP contribution in [0, 0.1) is 11.6 Å². The number of carbonyl (C=O) groups is 1. The first kappa shape index (κ1) is 21.0. The van der Waals surface area contributed by atoms with Crippen molar-refractivity contribution in [3.63, 3.8) is 0 Å². The Bertz CT molecular complexity index is 1430. The van der Waals surface area contributed by atoms with E-state index in [1.165, 1.54) is 4.90 Å². The Morgan fingerprint density at radius 3 is 2.42 bits per heavy atom. The summed E-state index contributed by atoms with van der Waals surface area (Å²) in [5.41, 5.74) is 2.86. The molecule has 0 saturated heterocycles. The van der Waals surface area contributed by atoms with Gasteiger partial charge in [0.25, 0.3) is 11.5 Å². The van der Waals surface area contributed by atoms with Crippen molar-refractivity contribution in [2.24, 2.45) is 0 Å². The molecule has 0 aliphatic carbocycles. The first-order valence-electron chi connectivity index (χ1n) is 10.5. The molecule has 1 atom stereocenters. The quantitative estimate of drug-likeness (QED) is 0.491. The van der Waals surface area contributed by atoms with E-state index in [1.54, 1.807) is 13.1 Å². The monoisotopic (exact) mass is 446 g/mol. The smallest absolute Gasteiger partial charge is 0.256 e. The van der Waals surface area contributed by atoms with Crippen LogP contribution in [0.3, 0.4) is 0 Å². The highest BCUT2D eigenvalue weighted by molar-refractivity contribution is 5.96. The van der Waals surface area contributed by atoms with Gasteiger partial charge < -0.3 is 14.6 Å². The summed E-state index contributed by atoms with van der Waals surface area (Å²) in [6.45, 7) is 0.273. The highest BCUT2D eigenvalue weighted by atomic mass is 19.2. The number of hydrogen-bond acceptors (Lipinski definition) is 3. The summed E-state index contributed by atoms with van der Waals surface area (Å²) in [5, 5.41) is 0.310. The van der Waals surface area contributed by atoms with Crippen LogP contribution in [-0.2, 0) is 11.3 Å². The lowest BCUT2D eigenvalue weighted by Gasteiger charge is -2.34. The molecule has 0 bridgehead atoms. The number of halogens is 2. The van der Waals surface area contributed by atoms with Crippen LogP contribution in [0.15, 0.2) is 71.5 Å². The maximum Gasteiger partial charge on any atom is 0.256 e. The van der Waals surface area contributed by atoms with Crippen molar-refractivity contribution in [3.8, 4) is 11.1 Å². The Kier molecular flexibility index (Phi) is 5.26. The summed E-state index contributed by atoms with van der Waals surface area (Å²) >= 11 is 0. The van der Waals surface area contributed by atoms with Crippen molar-refractivity contribution in [2.45, 2.75) is 12.6 Å². The summed E-state index contributed by atoms with van der Waals surface area (Å²) in [6.07, 6.45) is 0. The molecule has 166 valence electrons. The van der Waals surface area contributed by atoms with Gasteiger partial charge in [0.2, 0.25) is 0 Å². The molecule has 0 saturated carbocycles. The number of pyridine rings is 1. The number of carbonyl (C=O) groups excluding carboxylic acids is 1. The summed E-state index contributed by atoms with van der Waals surface area (Å²) in [5.74, 6) is -2.40. The first-order valence-corrected chi connectivity index (χ1v) is 10.5. The van der Waals surface area contributed by atoms with Crippen molar-refractivity contribution >= 4 is 16.7 Å². The average molecular weight is 446 g/mol. The van der Waals surface area contributed by atoms with Gasteiger partial charge in [-0.15, -0.1) is 0 Å². The molecule has 33 heavy (non-hydrogen) atoms. The van der Waals surface area contributed by atoms with Crippen LogP contribution in [0.4, 0.5) is 8.78 Å². The molecule has 1 aliphatic heterocycles. The van der Waals surface area contributed by atoms with Crippen molar-refractivity contribution in [3.05, 3.63) is 106 Å². The van der Waals surface area contributed by atoms with Crippen LogP contribution >= 0.6 is 0 Å². The Hall–Kier alpha value is -3.84. The number of rotatable bonds is 3. The zero-order chi connectivity index (χ0) is 23.1. The number of benzene rings is 3. The van der Waals surface area contributed by atoms with Gasteiger partial charge in [-0.25, -0.2) is 8.78 Å². The molecule has 1 N–H and O–H groups in total. The zero-order valence-corrected chi connectivity index (χ0v) is 17.8. The van der Waals surface area contributed by atoms with E-state index in [0.29, 0.717) is 16.8 Å². The van der Waals surface area contributed by atoms with Gasteiger partial charge in [-0.1, -0.05) is 42.5 Å². The zero-order valence-electron chi connectivity index (χ0n) is 17.8. The number of aromatic amines is 1. The number of aromatic nitrogens is 1. The second-order valence-electron chi connectivity index (χ2n) is 8.05. The Labute approximate surface area is 188 Å². The van der Waals surface area contributed by atoms with Gasteiger partial charge in [0.15, 0.2) is 11.6 Å². The highest BCUT2D eigenvalue weighted by Crippen LogP contribution is 2.34. The lowest BCUT2D eigenvalue weighted by Crippen LogP contribution is -2.37. The van der Waals surface area contributed by atoms with Gasteiger partial charge in [0.1, 0.15) is 0 Å². The molecular weight excluding hydrogens is 426 g/mol. The summed E-state index contributed by atoms with van der Waals surface area (Å²) in [7, 11) is 1.64. The third-order valence-corrected chi connectivity index (χ3v) is 6.04. The highest BCUT2D eigenvalue weighted by Gasteiger charge is 2.31. The van der Waals surface area contributed by atoms with Gasteiger partial charge in [-0.3, -0.25) is 9.59 Å². The molecule has 1 amide bonds. The van der Waals surface area contributed by atoms with Crippen molar-refractivity contribution in [1.29, 1.82) is 0 Å². The second kappa shape index (κ2) is 8.26. The summed E-state index contributed by atoms with van der Waals surface area (Å²) in [6, 6.07) is 18.3. The van der Waals surface area contributed by atoms with E-state index in [4.69, 9.17) is 4.74 Å². The SMILES string of the molecule is CN(C(=O)c1cccc(-c2ccccc2)c1)[C@H]1COCc2[nH]c(=O)c3cc(F)c(F)cc3c21. The molecule has 5 nitrogen and oxygen atoms in total. The fourth-order valence-corrected chi connectivity index (χ4v) is 4.36. The van der Waals surface area contributed by atoms with Crippen molar-refractivity contribution in [1.82, 2.24) is 9.88 Å². The van der Waals surface area contributed by atoms with E-state index >= 15 is 0 Å². The van der Waals surface area contributed by atoms with Crippen LogP contribution in [0.5, 0.6) is 0 Å². The Morgan fingerprint density at radius 1 is 0.970 bits per heavy atom. The first-order chi connectivity index (χ1) is 15.9. The van der Waals surface area contributed by atoms with Gasteiger partial charge in [0, 0.05) is 23.9 Å². The van der Waals surface area contributed by atoms with E-state index in [1.807, 2.05) is 48.5 Å². The molecule has 1 aromatic heterocycles. The van der Waals surface area contributed by atoms with E-state index < -0.39 is 23.2 Å². The number of H-pyrrole nitrogens is 1. The minimum absolute atomic E-state index is 0.0338. The number of nitrogens with one attached hydrogen (secondary N) is 1. The summed E-state index contributed by atoms with van der Waals surface area (Å²) in [4.78, 5) is 30.1. The predicted octanol–water partition coefficient (Wildman–Crippen LogP) is 4.82. The van der Waals surface area contributed by atoms with Gasteiger partial charge >= 0.3 is 0 Å². The number of nitrogens with zero attached hydrogens (tertiary/aromatic N) is 1. The van der Waals surface area contributed by atoms with Gasteiger partial charge in [-0.2, -0.15) is 0 Å². The molecule has 7 heteroatoms. The molecule has 1 aliphatic rings. The fraction of sp³-hybridized carbons (Fsp3) is 0.154. The molecule has 5 rings (SSSR count). The molecule has 0 fully saturated rings. The molecule has 0 unspecified atom stereocenters. The number of ether oxygens (including phenoxy) is 1. The molecular formula is C26H20F2N2O3. The van der Waals surface area contributed by atoms with Crippen LogP contribution in [0.25, 0.3) is 21.9 Å². The lowest BCUT2D eigenvalue weighted by atomic mass is 9.95. The summed E-state index contributed by atoms with van der Waals surface area (Å²) < 4.78 is 33.6. The number of likely N-dealkylation sites (N-methyl/N-ethyl adjacent to an activating group) is 1. The van der Waals surface area contributed by atoms with E-state index in [0.717, 1.165) is 23.3 Å². The van der Waals surface area contributed by atoms with E-state index in [2.05, 4.69) is 4.98 Å². The van der Waals surface area contributed by atoms with Crippen LogP contribution in [-0.4, -0.2) is 29.4 Å². The minimum atomic E-state index is -1.10. The van der Waals surface area contributed by atoms with Gasteiger partial charge in [0.05, 0.1) is 24.6 Å². The van der Waals surface area contributed by atoms with Gasteiger partial charge in [-0.05, 0) is 40.8 Å². The van der Waals surface area contributed by atoms with Crippen LogP contribution < -0.4 is 5.56 Å². The maximum absolute atomic E-state index is 14.1. The van der Waals surface area contributed by atoms with E-state index in [9.17, 15) is 18.4 Å². The normalized spacial score (nSPS) is 15.3. The third-order valence-electron chi connectivity index (χ3n) is 6.04.